The van der Waals surface area contributed by atoms with Gasteiger partial charge in [-0.1, -0.05) is 23.9 Å². The summed E-state index contributed by atoms with van der Waals surface area (Å²) in [6, 6.07) is 9.76. The highest BCUT2D eigenvalue weighted by molar-refractivity contribution is 8.14. The first-order chi connectivity index (χ1) is 12.0. The highest BCUT2D eigenvalue weighted by atomic mass is 32.2. The maximum atomic E-state index is 12.3. The van der Waals surface area contributed by atoms with Crippen molar-refractivity contribution in [2.24, 2.45) is 0 Å². The number of benzene rings is 1. The molecule has 25 heavy (non-hydrogen) atoms. The van der Waals surface area contributed by atoms with E-state index >= 15 is 0 Å². The smallest absolute Gasteiger partial charge is 0.339 e. The molecule has 0 amide bonds. The summed E-state index contributed by atoms with van der Waals surface area (Å²) in [5, 5.41) is -0.263. The van der Waals surface area contributed by atoms with Crippen molar-refractivity contribution in [1.29, 1.82) is 0 Å². The van der Waals surface area contributed by atoms with Crippen molar-refractivity contribution in [3.05, 3.63) is 59.9 Å². The molecule has 130 valence electrons. The third kappa shape index (κ3) is 5.72. The average molecular weight is 359 g/mol. The van der Waals surface area contributed by atoms with Gasteiger partial charge in [-0.25, -0.2) is 4.79 Å². The third-order valence-electron chi connectivity index (χ3n) is 3.02. The van der Waals surface area contributed by atoms with Crippen molar-refractivity contribution in [1.82, 2.24) is 4.98 Å². The molecule has 0 N–H and O–H groups in total. The van der Waals surface area contributed by atoms with Gasteiger partial charge in [0, 0.05) is 25.1 Å². The fourth-order valence-corrected chi connectivity index (χ4v) is 2.70. The van der Waals surface area contributed by atoms with Crippen LogP contribution in [0.1, 0.15) is 34.6 Å². The van der Waals surface area contributed by atoms with E-state index in [1.807, 2.05) is 0 Å². The maximum absolute atomic E-state index is 12.3. The number of carbonyl (C=O) groups excluding carboxylic acids is 3. The Labute approximate surface area is 149 Å². The Hall–Kier alpha value is -2.67. The first kappa shape index (κ1) is 18.7. The molecule has 6 nitrogen and oxygen atoms in total. The SMILES string of the molecule is CC(=O)Oc1ccccc1C(=O)SCC(C)OC(=O)c1cccnc1. The molecule has 2 aromatic rings. The molecule has 7 heteroatoms. The number of rotatable bonds is 6. The van der Waals surface area contributed by atoms with E-state index in [4.69, 9.17) is 9.47 Å². The average Bonchev–Trinajstić information content (AvgIpc) is 2.60. The number of ether oxygens (including phenoxy) is 2. The zero-order valence-electron chi connectivity index (χ0n) is 13.8. The Morgan fingerprint density at radius 3 is 2.60 bits per heavy atom. The Balaban J connectivity index is 1.91. The third-order valence-corrected chi connectivity index (χ3v) is 4.13. The minimum absolute atomic E-state index is 0.215. The molecule has 2 rings (SSSR count). The molecule has 0 radical (unpaired) electrons. The minimum atomic E-state index is -0.496. The van der Waals surface area contributed by atoms with Gasteiger partial charge < -0.3 is 9.47 Å². The number of para-hydroxylation sites is 1. The van der Waals surface area contributed by atoms with Gasteiger partial charge in [0.15, 0.2) is 0 Å². The van der Waals surface area contributed by atoms with Gasteiger partial charge in [-0.15, -0.1) is 0 Å². The monoisotopic (exact) mass is 359 g/mol. The van der Waals surface area contributed by atoms with Gasteiger partial charge in [-0.05, 0) is 31.2 Å². The van der Waals surface area contributed by atoms with Gasteiger partial charge in [-0.2, -0.15) is 0 Å². The topological polar surface area (TPSA) is 82.6 Å². The standard InChI is InChI=1S/C18H17NO5S/c1-12(23-17(21)14-6-5-9-19-10-14)11-25-18(22)15-7-3-4-8-16(15)24-13(2)20/h3-10,12H,11H2,1-2H3. The van der Waals surface area contributed by atoms with Crippen LogP contribution in [0.5, 0.6) is 5.75 Å². The molecule has 0 aliphatic carbocycles. The summed E-state index contributed by atoms with van der Waals surface area (Å²) in [6.07, 6.45) is 2.51. The molecular weight excluding hydrogens is 342 g/mol. The largest absolute Gasteiger partial charge is 0.458 e. The van der Waals surface area contributed by atoms with Crippen molar-refractivity contribution in [3.8, 4) is 5.75 Å². The van der Waals surface area contributed by atoms with Crippen LogP contribution in [0.4, 0.5) is 0 Å². The number of carbonyl (C=O) groups is 3. The van der Waals surface area contributed by atoms with Crippen LogP contribution in [0.3, 0.4) is 0 Å². The van der Waals surface area contributed by atoms with Crippen LogP contribution in [0.15, 0.2) is 48.8 Å². The van der Waals surface area contributed by atoms with E-state index in [0.29, 0.717) is 11.1 Å². The van der Waals surface area contributed by atoms with Crippen molar-refractivity contribution in [3.63, 3.8) is 0 Å². The summed E-state index contributed by atoms with van der Waals surface area (Å²) >= 11 is 0.993. The number of esters is 2. The zero-order chi connectivity index (χ0) is 18.2. The first-order valence-corrected chi connectivity index (χ1v) is 8.51. The molecule has 0 saturated heterocycles. The predicted molar refractivity (Wildman–Crippen MR) is 93.7 cm³/mol. The van der Waals surface area contributed by atoms with Crippen LogP contribution in [0, 0.1) is 0 Å². The van der Waals surface area contributed by atoms with Gasteiger partial charge in [0.1, 0.15) is 11.9 Å². The lowest BCUT2D eigenvalue weighted by Gasteiger charge is -2.13. The van der Waals surface area contributed by atoms with E-state index in [-0.39, 0.29) is 16.6 Å². The van der Waals surface area contributed by atoms with E-state index in [9.17, 15) is 14.4 Å². The summed E-state index contributed by atoms with van der Waals surface area (Å²) in [7, 11) is 0. The van der Waals surface area contributed by atoms with Crippen LogP contribution < -0.4 is 4.74 Å². The molecule has 0 bridgehead atoms. The summed E-state index contributed by atoms with van der Waals surface area (Å²) < 4.78 is 10.3. The van der Waals surface area contributed by atoms with Gasteiger partial charge in [0.25, 0.3) is 0 Å². The highest BCUT2D eigenvalue weighted by Gasteiger charge is 2.17. The molecule has 1 heterocycles. The Morgan fingerprint density at radius 1 is 1.16 bits per heavy atom. The lowest BCUT2D eigenvalue weighted by Crippen LogP contribution is -2.18. The Kier molecular flexibility index (Phi) is 6.71. The molecular formula is C18H17NO5S. The molecule has 1 atom stereocenters. The number of nitrogens with zero attached hydrogens (tertiary/aromatic N) is 1. The number of aromatic nitrogens is 1. The van der Waals surface area contributed by atoms with Gasteiger partial charge in [0.2, 0.25) is 5.12 Å². The fraction of sp³-hybridized carbons (Fsp3) is 0.222. The lowest BCUT2D eigenvalue weighted by atomic mass is 10.2. The second kappa shape index (κ2) is 8.98. The van der Waals surface area contributed by atoms with Crippen LogP contribution >= 0.6 is 11.8 Å². The number of thioether (sulfide) groups is 1. The number of hydrogen-bond donors (Lipinski definition) is 0. The first-order valence-electron chi connectivity index (χ1n) is 7.53. The van der Waals surface area contributed by atoms with E-state index in [1.165, 1.54) is 13.1 Å². The van der Waals surface area contributed by atoms with E-state index in [2.05, 4.69) is 4.98 Å². The normalized spacial score (nSPS) is 11.4. The number of hydrogen-bond acceptors (Lipinski definition) is 7. The van der Waals surface area contributed by atoms with E-state index in [0.717, 1.165) is 11.8 Å². The minimum Gasteiger partial charge on any atom is -0.458 e. The van der Waals surface area contributed by atoms with Gasteiger partial charge in [-0.3, -0.25) is 14.6 Å². The molecule has 0 spiro atoms. The fourth-order valence-electron chi connectivity index (χ4n) is 1.92. The molecule has 1 aromatic carbocycles. The second-order valence-corrected chi connectivity index (χ2v) is 6.14. The zero-order valence-corrected chi connectivity index (χ0v) is 14.6. The summed E-state index contributed by atoms with van der Waals surface area (Å²) in [4.78, 5) is 39.2. The van der Waals surface area contributed by atoms with E-state index < -0.39 is 18.0 Å². The highest BCUT2D eigenvalue weighted by Crippen LogP contribution is 2.24. The Morgan fingerprint density at radius 2 is 1.92 bits per heavy atom. The van der Waals surface area contributed by atoms with Crippen LogP contribution in [0.2, 0.25) is 0 Å². The predicted octanol–water partition coefficient (Wildman–Crippen LogP) is 3.13. The molecule has 1 unspecified atom stereocenters. The van der Waals surface area contributed by atoms with Crippen LogP contribution in [0.25, 0.3) is 0 Å². The number of pyridine rings is 1. The summed E-state index contributed by atoms with van der Waals surface area (Å²) in [5.41, 5.74) is 0.652. The summed E-state index contributed by atoms with van der Waals surface area (Å²) in [5.74, 6) is -0.496. The van der Waals surface area contributed by atoms with Crippen molar-refractivity contribution in [2.45, 2.75) is 20.0 Å². The second-order valence-electron chi connectivity index (χ2n) is 5.15. The Bertz CT molecular complexity index is 763. The van der Waals surface area contributed by atoms with Gasteiger partial charge >= 0.3 is 11.9 Å². The van der Waals surface area contributed by atoms with Crippen LogP contribution in [-0.4, -0.2) is 33.9 Å². The molecule has 0 aliphatic rings. The maximum Gasteiger partial charge on any atom is 0.339 e. The van der Waals surface area contributed by atoms with Crippen molar-refractivity contribution in [2.75, 3.05) is 5.75 Å². The molecule has 0 fully saturated rings. The van der Waals surface area contributed by atoms with Gasteiger partial charge in [0.05, 0.1) is 11.1 Å². The lowest BCUT2D eigenvalue weighted by molar-refractivity contribution is -0.131. The van der Waals surface area contributed by atoms with Crippen molar-refractivity contribution < 1.29 is 23.9 Å². The van der Waals surface area contributed by atoms with E-state index in [1.54, 1.807) is 49.5 Å². The quantitative estimate of drug-likeness (QED) is 0.579. The molecule has 0 saturated carbocycles. The molecule has 0 aliphatic heterocycles. The molecule has 1 aromatic heterocycles. The summed E-state index contributed by atoms with van der Waals surface area (Å²) in [6.45, 7) is 2.97. The van der Waals surface area contributed by atoms with Crippen molar-refractivity contribution >= 4 is 28.8 Å². The van der Waals surface area contributed by atoms with Crippen LogP contribution in [-0.2, 0) is 9.53 Å².